The summed E-state index contributed by atoms with van der Waals surface area (Å²) in [5.74, 6) is -2.40. The van der Waals surface area contributed by atoms with Crippen LogP contribution in [0.1, 0.15) is 63.4 Å². The van der Waals surface area contributed by atoms with Gasteiger partial charge in [-0.1, -0.05) is 46.8 Å². The summed E-state index contributed by atoms with van der Waals surface area (Å²) in [6.07, 6.45) is 0.411. The topological polar surface area (TPSA) is 116 Å². The van der Waals surface area contributed by atoms with Crippen LogP contribution in [0.4, 0.5) is 0 Å². The van der Waals surface area contributed by atoms with Crippen molar-refractivity contribution in [3.05, 3.63) is 35.4 Å². The lowest BCUT2D eigenvalue weighted by molar-refractivity contribution is -0.143. The van der Waals surface area contributed by atoms with E-state index in [0.29, 0.717) is 12.0 Å². The molecule has 0 aliphatic heterocycles. The van der Waals surface area contributed by atoms with Crippen molar-refractivity contribution in [3.63, 3.8) is 0 Å². The predicted molar refractivity (Wildman–Crippen MR) is 108 cm³/mol. The fraction of sp³-hybridized carbons (Fsp3) is 0.571. The fourth-order valence-electron chi connectivity index (χ4n) is 2.79. The Balaban J connectivity index is 2.63. The van der Waals surface area contributed by atoms with Gasteiger partial charge < -0.3 is 15.5 Å². The van der Waals surface area contributed by atoms with E-state index in [0.717, 1.165) is 5.56 Å². The number of hydrogen-bond acceptors (Lipinski definition) is 4. The predicted octanol–water partition coefficient (Wildman–Crippen LogP) is 2.65. The molecule has 2 atom stereocenters. The number of carboxylic acid groups (broad SMARTS) is 2. The zero-order chi connectivity index (χ0) is 21.5. The molecule has 1 aromatic carbocycles. The average molecular weight is 392 g/mol. The third kappa shape index (κ3) is 7.68. The number of aliphatic carboxylic acids is 2. The Morgan fingerprint density at radius 1 is 0.964 bits per heavy atom. The van der Waals surface area contributed by atoms with Crippen molar-refractivity contribution in [3.8, 4) is 0 Å². The highest BCUT2D eigenvalue weighted by Crippen LogP contribution is 2.22. The van der Waals surface area contributed by atoms with Crippen LogP contribution in [0, 0.1) is 5.92 Å². The summed E-state index contributed by atoms with van der Waals surface area (Å²) in [4.78, 5) is 35.0. The van der Waals surface area contributed by atoms with Crippen LogP contribution in [0.25, 0.3) is 0 Å². The number of hydrogen-bond donors (Lipinski definition) is 4. The van der Waals surface area contributed by atoms with Crippen LogP contribution >= 0.6 is 0 Å². The highest BCUT2D eigenvalue weighted by Gasteiger charge is 2.26. The number of carbonyl (C=O) groups is 3. The van der Waals surface area contributed by atoms with E-state index in [1.54, 1.807) is 12.1 Å². The van der Waals surface area contributed by atoms with Gasteiger partial charge in [-0.3, -0.25) is 19.7 Å². The molecule has 0 bridgehead atoms. The normalized spacial score (nSPS) is 13.8. The minimum atomic E-state index is -1.14. The summed E-state index contributed by atoms with van der Waals surface area (Å²) in [5.41, 5.74) is 1.60. The van der Waals surface area contributed by atoms with Gasteiger partial charge in [-0.05, 0) is 41.9 Å². The molecule has 1 amide bonds. The van der Waals surface area contributed by atoms with E-state index in [2.05, 4.69) is 31.4 Å². The van der Waals surface area contributed by atoms with Crippen molar-refractivity contribution in [1.82, 2.24) is 10.6 Å². The van der Waals surface area contributed by atoms with Gasteiger partial charge in [0.15, 0.2) is 0 Å². The zero-order valence-corrected chi connectivity index (χ0v) is 17.3. The molecular formula is C21H32N2O5. The molecule has 1 aromatic rings. The molecule has 0 heterocycles. The highest BCUT2D eigenvalue weighted by molar-refractivity contribution is 5.94. The number of amides is 1. The van der Waals surface area contributed by atoms with Crippen molar-refractivity contribution in [2.75, 3.05) is 6.54 Å². The van der Waals surface area contributed by atoms with Crippen LogP contribution < -0.4 is 10.6 Å². The van der Waals surface area contributed by atoms with Crippen LogP contribution in [-0.2, 0) is 15.0 Å². The SMILES string of the molecule is CC(C)C[C@H](NC(CCNC(=O)c1ccc(C(C)(C)C)cc1)C(=O)O)C(=O)O. The summed E-state index contributed by atoms with van der Waals surface area (Å²) in [7, 11) is 0. The van der Waals surface area contributed by atoms with Crippen LogP contribution in [0.15, 0.2) is 24.3 Å². The first-order chi connectivity index (χ1) is 12.9. The van der Waals surface area contributed by atoms with Crippen LogP contribution in [0.5, 0.6) is 0 Å². The minimum Gasteiger partial charge on any atom is -0.480 e. The number of rotatable bonds is 10. The van der Waals surface area contributed by atoms with Gasteiger partial charge in [0.25, 0.3) is 5.91 Å². The van der Waals surface area contributed by atoms with Gasteiger partial charge in [0, 0.05) is 12.1 Å². The van der Waals surface area contributed by atoms with Crippen LogP contribution in [0.3, 0.4) is 0 Å². The molecule has 0 aromatic heterocycles. The standard InChI is InChI=1S/C21H32N2O5/c1-13(2)12-17(20(27)28)23-16(19(25)26)10-11-22-18(24)14-6-8-15(9-7-14)21(3,4)5/h6-9,13,16-17,23H,10-12H2,1-5H3,(H,22,24)(H,25,26)(H,27,28)/t16?,17-/m0/s1. The number of carbonyl (C=O) groups excluding carboxylic acids is 1. The van der Waals surface area contributed by atoms with E-state index in [-0.39, 0.29) is 30.2 Å². The number of carboxylic acids is 2. The summed E-state index contributed by atoms with van der Waals surface area (Å²) in [6.45, 7) is 10.1. The molecule has 28 heavy (non-hydrogen) atoms. The molecule has 1 rings (SSSR count). The first-order valence-electron chi connectivity index (χ1n) is 9.52. The Labute approximate surface area is 166 Å². The molecule has 156 valence electrons. The van der Waals surface area contributed by atoms with E-state index < -0.39 is 24.0 Å². The Morgan fingerprint density at radius 2 is 1.50 bits per heavy atom. The van der Waals surface area contributed by atoms with E-state index in [9.17, 15) is 24.6 Å². The molecule has 4 N–H and O–H groups in total. The lowest BCUT2D eigenvalue weighted by Gasteiger charge is -2.22. The molecule has 0 spiro atoms. The maximum Gasteiger partial charge on any atom is 0.320 e. The molecule has 0 saturated heterocycles. The van der Waals surface area contributed by atoms with Gasteiger partial charge in [-0.25, -0.2) is 0 Å². The van der Waals surface area contributed by atoms with Gasteiger partial charge >= 0.3 is 11.9 Å². The van der Waals surface area contributed by atoms with Gasteiger partial charge in [0.05, 0.1) is 0 Å². The van der Waals surface area contributed by atoms with Gasteiger partial charge in [-0.2, -0.15) is 0 Å². The van der Waals surface area contributed by atoms with E-state index in [4.69, 9.17) is 0 Å². The van der Waals surface area contributed by atoms with E-state index >= 15 is 0 Å². The molecule has 0 saturated carbocycles. The third-order valence-electron chi connectivity index (χ3n) is 4.44. The van der Waals surface area contributed by atoms with E-state index in [1.165, 1.54) is 0 Å². The number of benzene rings is 1. The molecule has 0 aliphatic rings. The lowest BCUT2D eigenvalue weighted by Crippen LogP contribution is -2.49. The monoisotopic (exact) mass is 392 g/mol. The zero-order valence-electron chi connectivity index (χ0n) is 17.3. The quantitative estimate of drug-likeness (QED) is 0.486. The van der Waals surface area contributed by atoms with Crippen molar-refractivity contribution in [1.29, 1.82) is 0 Å². The highest BCUT2D eigenvalue weighted by atomic mass is 16.4. The average Bonchev–Trinajstić information content (AvgIpc) is 2.58. The van der Waals surface area contributed by atoms with Crippen LogP contribution in [-0.4, -0.2) is 46.7 Å². The van der Waals surface area contributed by atoms with Crippen molar-refractivity contribution < 1.29 is 24.6 Å². The Morgan fingerprint density at radius 3 is 1.93 bits per heavy atom. The summed E-state index contributed by atoms with van der Waals surface area (Å²) in [6, 6.07) is 5.29. The first kappa shape index (κ1) is 23.6. The molecular weight excluding hydrogens is 360 g/mol. The first-order valence-corrected chi connectivity index (χ1v) is 9.52. The summed E-state index contributed by atoms with van der Waals surface area (Å²) < 4.78 is 0. The molecule has 0 fully saturated rings. The minimum absolute atomic E-state index is 0.00788. The Bertz CT molecular complexity index is 677. The van der Waals surface area contributed by atoms with Crippen LogP contribution in [0.2, 0.25) is 0 Å². The second-order valence-electron chi connectivity index (χ2n) is 8.45. The van der Waals surface area contributed by atoms with Gasteiger partial charge in [0.2, 0.25) is 0 Å². The van der Waals surface area contributed by atoms with Crippen molar-refractivity contribution in [2.45, 2.75) is 65.0 Å². The number of nitrogens with one attached hydrogen (secondary N) is 2. The largest absolute Gasteiger partial charge is 0.480 e. The summed E-state index contributed by atoms with van der Waals surface area (Å²) >= 11 is 0. The molecule has 7 heteroatoms. The lowest BCUT2D eigenvalue weighted by atomic mass is 9.87. The maximum absolute atomic E-state index is 12.3. The fourth-order valence-corrected chi connectivity index (χ4v) is 2.79. The molecule has 0 radical (unpaired) electrons. The maximum atomic E-state index is 12.3. The molecule has 1 unspecified atom stereocenters. The van der Waals surface area contributed by atoms with Crippen molar-refractivity contribution in [2.24, 2.45) is 5.92 Å². The van der Waals surface area contributed by atoms with Gasteiger partial charge in [0.1, 0.15) is 12.1 Å². The van der Waals surface area contributed by atoms with Gasteiger partial charge in [-0.15, -0.1) is 0 Å². The second kappa shape index (κ2) is 10.2. The van der Waals surface area contributed by atoms with Crippen molar-refractivity contribution >= 4 is 17.8 Å². The molecule has 0 aliphatic carbocycles. The summed E-state index contributed by atoms with van der Waals surface area (Å²) in [5, 5.41) is 24.0. The Kier molecular flexibility index (Phi) is 8.63. The second-order valence-corrected chi connectivity index (χ2v) is 8.45. The Hall–Kier alpha value is -2.41. The smallest absolute Gasteiger partial charge is 0.320 e. The third-order valence-corrected chi connectivity index (χ3v) is 4.44. The van der Waals surface area contributed by atoms with E-state index in [1.807, 2.05) is 26.0 Å². The molecule has 7 nitrogen and oxygen atoms in total.